The summed E-state index contributed by atoms with van der Waals surface area (Å²) in [5.74, 6) is 0.869. The highest BCUT2D eigenvalue weighted by atomic mass is 32.1. The minimum absolute atomic E-state index is 0.129. The zero-order valence-electron chi connectivity index (χ0n) is 16.7. The average Bonchev–Trinajstić information content (AvgIpc) is 2.45. The van der Waals surface area contributed by atoms with Crippen molar-refractivity contribution in [1.82, 2.24) is 0 Å². The summed E-state index contributed by atoms with van der Waals surface area (Å²) in [6, 6.07) is 6.40. The number of hydrogen-bond acceptors (Lipinski definition) is 1. The molecule has 0 heterocycles. The van der Waals surface area contributed by atoms with Gasteiger partial charge in [0.1, 0.15) is 5.75 Å². The molecule has 1 radical (unpaired) electrons. The zero-order chi connectivity index (χ0) is 18.2. The van der Waals surface area contributed by atoms with Gasteiger partial charge in [0, 0.05) is 0 Å². The lowest BCUT2D eigenvalue weighted by atomic mass is 9.72. The van der Waals surface area contributed by atoms with Gasteiger partial charge in [-0.05, 0) is 41.4 Å². The summed E-state index contributed by atoms with van der Waals surface area (Å²) in [5, 5.41) is 0. The fourth-order valence-electron chi connectivity index (χ4n) is 3.54. The van der Waals surface area contributed by atoms with Crippen LogP contribution >= 0.6 is 12.6 Å². The van der Waals surface area contributed by atoms with Crippen molar-refractivity contribution in [2.45, 2.75) is 96.8 Å². The molecule has 0 aromatic heterocycles. The molecule has 0 atom stereocenters. The Balaban J connectivity index is 2.53. The molecule has 0 N–H and O–H groups in total. The van der Waals surface area contributed by atoms with Crippen LogP contribution in [-0.4, -0.2) is 6.61 Å². The van der Waals surface area contributed by atoms with Gasteiger partial charge in [0.2, 0.25) is 0 Å². The lowest BCUT2D eigenvalue weighted by Crippen LogP contribution is -2.24. The summed E-state index contributed by atoms with van der Waals surface area (Å²) in [6.07, 6.45) is 8.82. The Morgan fingerprint density at radius 2 is 1.54 bits per heavy atom. The normalized spacial score (nSPS) is 12.4. The monoisotopic (exact) mass is 349 g/mol. The van der Waals surface area contributed by atoms with Crippen LogP contribution in [0.25, 0.3) is 0 Å². The van der Waals surface area contributed by atoms with E-state index in [1.807, 2.05) is 0 Å². The predicted octanol–water partition coefficient (Wildman–Crippen LogP) is 7.70. The lowest BCUT2D eigenvalue weighted by molar-refractivity contribution is 0.282. The Kier molecular flexibility index (Phi) is 8.56. The number of hydrogen-bond donors (Lipinski definition) is 0. The third-order valence-electron chi connectivity index (χ3n) is 4.45. The largest absolute Gasteiger partial charge is 0.492 e. The van der Waals surface area contributed by atoms with E-state index < -0.39 is 0 Å². The molecule has 0 saturated heterocycles. The average molecular weight is 350 g/mol. The maximum absolute atomic E-state index is 5.91. The molecule has 0 saturated carbocycles. The summed E-state index contributed by atoms with van der Waals surface area (Å²) >= 11 is 5.56. The smallest absolute Gasteiger partial charge is 0.137 e. The third kappa shape index (κ3) is 7.88. The molecule has 0 amide bonds. The van der Waals surface area contributed by atoms with Gasteiger partial charge in [-0.15, -0.1) is 0 Å². The topological polar surface area (TPSA) is 9.23 Å². The van der Waals surface area contributed by atoms with Crippen molar-refractivity contribution in [2.75, 3.05) is 6.61 Å². The van der Waals surface area contributed by atoms with Gasteiger partial charge < -0.3 is 4.74 Å². The lowest BCUT2D eigenvalue weighted by Gasteiger charge is -2.33. The fourth-order valence-corrected chi connectivity index (χ4v) is 3.79. The molecule has 0 aliphatic carbocycles. The van der Waals surface area contributed by atoms with E-state index in [1.165, 1.54) is 37.7 Å². The minimum atomic E-state index is 0.129. The highest BCUT2D eigenvalue weighted by Crippen LogP contribution is 2.38. The summed E-state index contributed by atoms with van der Waals surface area (Å²) in [6.45, 7) is 14.5. The van der Waals surface area contributed by atoms with Gasteiger partial charge in [-0.3, -0.25) is 0 Å². The van der Waals surface area contributed by atoms with Gasteiger partial charge in [0.05, 0.1) is 11.5 Å². The van der Waals surface area contributed by atoms with E-state index in [1.54, 1.807) is 0 Å². The van der Waals surface area contributed by atoms with E-state index >= 15 is 0 Å². The number of rotatable bonds is 10. The third-order valence-corrected chi connectivity index (χ3v) is 4.77. The van der Waals surface area contributed by atoms with E-state index in [0.29, 0.717) is 5.41 Å². The molecular formula is C22H37OS. The van der Waals surface area contributed by atoms with Crippen LogP contribution in [-0.2, 0) is 5.41 Å². The molecule has 1 rings (SSSR count). The Morgan fingerprint density at radius 3 is 2.12 bits per heavy atom. The van der Waals surface area contributed by atoms with Crippen molar-refractivity contribution in [3.05, 3.63) is 23.8 Å². The molecule has 0 fully saturated rings. The van der Waals surface area contributed by atoms with Crippen molar-refractivity contribution in [3.8, 4) is 5.75 Å². The molecule has 2 heteroatoms. The van der Waals surface area contributed by atoms with E-state index in [4.69, 9.17) is 17.4 Å². The second-order valence-corrected chi connectivity index (χ2v) is 9.34. The van der Waals surface area contributed by atoms with E-state index in [9.17, 15) is 0 Å². The highest BCUT2D eigenvalue weighted by molar-refractivity contribution is 7.80. The maximum Gasteiger partial charge on any atom is 0.137 e. The predicted molar refractivity (Wildman–Crippen MR) is 108 cm³/mol. The van der Waals surface area contributed by atoms with Crippen LogP contribution in [0.1, 0.15) is 92.1 Å². The Morgan fingerprint density at radius 1 is 0.917 bits per heavy atom. The van der Waals surface area contributed by atoms with Crippen LogP contribution in [0.3, 0.4) is 0 Å². The summed E-state index contributed by atoms with van der Waals surface area (Å²) in [5.41, 5.74) is 1.75. The fraction of sp³-hybridized carbons (Fsp3) is 0.727. The quantitative estimate of drug-likeness (QED) is 0.393. The van der Waals surface area contributed by atoms with Crippen LogP contribution in [0.5, 0.6) is 5.75 Å². The standard InChI is InChI=1S/C22H37OS/c1-7-8-9-10-11-12-15-23-19-14-13-18(16-20(19)24)22(5,6)17-21(2,3)4/h13-14,16H,7-12,15,17H2,1-6H3. The Bertz CT molecular complexity index is 485. The van der Waals surface area contributed by atoms with Crippen molar-refractivity contribution < 1.29 is 4.74 Å². The molecule has 0 aliphatic rings. The summed E-state index contributed by atoms with van der Waals surface area (Å²) in [7, 11) is 0. The first-order chi connectivity index (χ1) is 11.2. The molecule has 0 spiro atoms. The van der Waals surface area contributed by atoms with Crippen LogP contribution in [0.4, 0.5) is 0 Å². The van der Waals surface area contributed by atoms with Gasteiger partial charge in [-0.2, -0.15) is 0 Å². The minimum Gasteiger partial charge on any atom is -0.492 e. The number of benzene rings is 1. The number of unbranched alkanes of at least 4 members (excludes halogenated alkanes) is 5. The van der Waals surface area contributed by atoms with E-state index in [2.05, 4.69) is 59.7 Å². The molecular weight excluding hydrogens is 312 g/mol. The second kappa shape index (κ2) is 9.65. The first-order valence-corrected chi connectivity index (χ1v) is 10.0. The van der Waals surface area contributed by atoms with Gasteiger partial charge in [-0.25, -0.2) is 0 Å². The molecule has 0 unspecified atom stereocenters. The van der Waals surface area contributed by atoms with E-state index in [0.717, 1.165) is 30.1 Å². The molecule has 137 valence electrons. The molecule has 1 aromatic rings. The van der Waals surface area contributed by atoms with Crippen LogP contribution in [0, 0.1) is 5.41 Å². The Hall–Kier alpha value is -0.760. The van der Waals surface area contributed by atoms with Gasteiger partial charge >= 0.3 is 0 Å². The van der Waals surface area contributed by atoms with Crippen LogP contribution in [0.15, 0.2) is 23.1 Å². The molecule has 0 aliphatic heterocycles. The van der Waals surface area contributed by atoms with E-state index in [-0.39, 0.29) is 5.41 Å². The maximum atomic E-state index is 5.91. The number of ether oxygens (including phenoxy) is 1. The van der Waals surface area contributed by atoms with Gasteiger partial charge in [0.25, 0.3) is 0 Å². The van der Waals surface area contributed by atoms with Crippen molar-refractivity contribution >= 4 is 12.6 Å². The van der Waals surface area contributed by atoms with Crippen LogP contribution in [0.2, 0.25) is 0 Å². The molecule has 0 bridgehead atoms. The van der Waals surface area contributed by atoms with Gasteiger partial charge in [-0.1, -0.05) is 92.3 Å². The van der Waals surface area contributed by atoms with Crippen molar-refractivity contribution in [2.24, 2.45) is 5.41 Å². The highest BCUT2D eigenvalue weighted by Gasteiger charge is 2.27. The van der Waals surface area contributed by atoms with Gasteiger partial charge in [0.15, 0.2) is 0 Å². The zero-order valence-corrected chi connectivity index (χ0v) is 17.5. The Labute approximate surface area is 156 Å². The van der Waals surface area contributed by atoms with Crippen molar-refractivity contribution in [3.63, 3.8) is 0 Å². The van der Waals surface area contributed by atoms with Crippen LogP contribution < -0.4 is 4.74 Å². The van der Waals surface area contributed by atoms with Crippen molar-refractivity contribution in [1.29, 1.82) is 0 Å². The molecule has 24 heavy (non-hydrogen) atoms. The molecule has 1 nitrogen and oxygen atoms in total. The molecule has 1 aromatic carbocycles. The SMILES string of the molecule is CCCCCCCCOc1ccc(C(C)(C)CC(C)(C)C)cc1[S]. The summed E-state index contributed by atoms with van der Waals surface area (Å²) < 4.78 is 5.91. The first-order valence-electron chi connectivity index (χ1n) is 9.60. The second-order valence-electron chi connectivity index (χ2n) is 8.90. The first kappa shape index (κ1) is 21.3. The summed E-state index contributed by atoms with van der Waals surface area (Å²) in [4.78, 5) is 0.848.